The lowest BCUT2D eigenvalue weighted by atomic mass is 9.51. The molecule has 7 heteroatoms. The minimum atomic E-state index is 0. The van der Waals surface area contributed by atoms with Gasteiger partial charge in [-0.05, 0) is 51.4 Å². The number of guanidine groups is 1. The van der Waals surface area contributed by atoms with E-state index in [1.807, 2.05) is 7.05 Å². The van der Waals surface area contributed by atoms with Gasteiger partial charge in [0.25, 0.3) is 0 Å². The molecule has 1 aliphatic heterocycles. The molecule has 1 spiro atoms. The van der Waals surface area contributed by atoms with E-state index in [9.17, 15) is 0 Å². The summed E-state index contributed by atoms with van der Waals surface area (Å²) in [6.45, 7) is 7.27. The van der Waals surface area contributed by atoms with Crippen molar-refractivity contribution in [3.05, 3.63) is 0 Å². The van der Waals surface area contributed by atoms with E-state index in [1.165, 1.54) is 19.3 Å². The second kappa shape index (κ2) is 11.8. The van der Waals surface area contributed by atoms with Gasteiger partial charge in [-0.25, -0.2) is 0 Å². The van der Waals surface area contributed by atoms with Crippen LogP contribution in [0.25, 0.3) is 0 Å². The Morgan fingerprint density at radius 1 is 1.26 bits per heavy atom. The lowest BCUT2D eigenvalue weighted by molar-refractivity contribution is -0.168. The standard InChI is InChI=1S/C20H37N3O3.HI/c1-3-26-18-14-17(20(18)8-4-9-20)23-19(21-2)22-10-5-11-25-15-16-6-12-24-13-7-16;/h16-18H,3-15H2,1-2H3,(H2,21,22,23);1H. The van der Waals surface area contributed by atoms with Crippen LogP contribution in [0, 0.1) is 11.3 Å². The molecule has 1 heterocycles. The van der Waals surface area contributed by atoms with E-state index < -0.39 is 0 Å². The van der Waals surface area contributed by atoms with Crippen LogP contribution >= 0.6 is 24.0 Å². The van der Waals surface area contributed by atoms with Crippen molar-refractivity contribution in [2.75, 3.05) is 46.6 Å². The zero-order chi connectivity index (χ0) is 18.2. The first-order valence-electron chi connectivity index (χ1n) is 10.5. The SMILES string of the molecule is CCOC1CC(NC(=NC)NCCCOCC2CCOCC2)C12CCC2.I. The van der Waals surface area contributed by atoms with Gasteiger partial charge < -0.3 is 24.8 Å². The van der Waals surface area contributed by atoms with E-state index in [0.29, 0.717) is 23.5 Å². The fourth-order valence-electron chi connectivity index (χ4n) is 4.54. The summed E-state index contributed by atoms with van der Waals surface area (Å²) in [5, 5.41) is 7.07. The van der Waals surface area contributed by atoms with Gasteiger partial charge in [0.1, 0.15) is 0 Å². The van der Waals surface area contributed by atoms with Crippen LogP contribution in [0.2, 0.25) is 0 Å². The zero-order valence-electron chi connectivity index (χ0n) is 17.0. The number of halogens is 1. The summed E-state index contributed by atoms with van der Waals surface area (Å²) in [5.41, 5.74) is 0.362. The van der Waals surface area contributed by atoms with E-state index in [0.717, 1.165) is 71.2 Å². The third kappa shape index (κ3) is 5.93. The van der Waals surface area contributed by atoms with Crippen LogP contribution in [0.4, 0.5) is 0 Å². The average molecular weight is 495 g/mol. The molecule has 0 aromatic rings. The molecule has 158 valence electrons. The number of ether oxygens (including phenoxy) is 3. The number of nitrogens with one attached hydrogen (secondary N) is 2. The van der Waals surface area contributed by atoms with E-state index in [1.54, 1.807) is 0 Å². The highest BCUT2D eigenvalue weighted by Gasteiger charge is 2.59. The molecule has 2 N–H and O–H groups in total. The van der Waals surface area contributed by atoms with Crippen LogP contribution in [0.3, 0.4) is 0 Å². The van der Waals surface area contributed by atoms with E-state index in [-0.39, 0.29) is 24.0 Å². The highest BCUT2D eigenvalue weighted by Crippen LogP contribution is 2.57. The Hall–Kier alpha value is -0.120. The molecule has 0 amide bonds. The van der Waals surface area contributed by atoms with Crippen LogP contribution in [-0.2, 0) is 14.2 Å². The van der Waals surface area contributed by atoms with Gasteiger partial charge in [0.2, 0.25) is 0 Å². The van der Waals surface area contributed by atoms with Crippen molar-refractivity contribution < 1.29 is 14.2 Å². The molecule has 27 heavy (non-hydrogen) atoms. The third-order valence-corrected chi connectivity index (χ3v) is 6.42. The first-order chi connectivity index (χ1) is 12.8. The Morgan fingerprint density at radius 3 is 2.67 bits per heavy atom. The summed E-state index contributed by atoms with van der Waals surface area (Å²) >= 11 is 0. The number of aliphatic imine (C=N–C) groups is 1. The number of hydrogen-bond acceptors (Lipinski definition) is 4. The van der Waals surface area contributed by atoms with Crippen LogP contribution in [0.5, 0.6) is 0 Å². The second-order valence-corrected chi connectivity index (χ2v) is 7.95. The van der Waals surface area contributed by atoms with Gasteiger partial charge in [-0.2, -0.15) is 0 Å². The molecular formula is C20H38IN3O3. The van der Waals surface area contributed by atoms with Crippen molar-refractivity contribution in [2.24, 2.45) is 16.3 Å². The topological polar surface area (TPSA) is 64.1 Å². The van der Waals surface area contributed by atoms with E-state index in [2.05, 4.69) is 22.5 Å². The fraction of sp³-hybridized carbons (Fsp3) is 0.950. The third-order valence-electron chi connectivity index (χ3n) is 6.42. The first-order valence-corrected chi connectivity index (χ1v) is 10.5. The summed E-state index contributed by atoms with van der Waals surface area (Å²) in [6, 6.07) is 0.503. The molecule has 2 aliphatic carbocycles. The highest BCUT2D eigenvalue weighted by molar-refractivity contribution is 14.0. The predicted octanol–water partition coefficient (Wildman–Crippen LogP) is 2.95. The smallest absolute Gasteiger partial charge is 0.191 e. The van der Waals surface area contributed by atoms with Gasteiger partial charge in [0.05, 0.1) is 6.10 Å². The van der Waals surface area contributed by atoms with Crippen molar-refractivity contribution >= 4 is 29.9 Å². The molecule has 1 saturated heterocycles. The second-order valence-electron chi connectivity index (χ2n) is 7.95. The Morgan fingerprint density at radius 2 is 2.04 bits per heavy atom. The van der Waals surface area contributed by atoms with Crippen molar-refractivity contribution in [1.29, 1.82) is 0 Å². The van der Waals surface area contributed by atoms with E-state index in [4.69, 9.17) is 14.2 Å². The largest absolute Gasteiger partial charge is 0.381 e. The van der Waals surface area contributed by atoms with Gasteiger partial charge >= 0.3 is 0 Å². The summed E-state index contributed by atoms with van der Waals surface area (Å²) in [6.07, 6.45) is 8.72. The lowest BCUT2D eigenvalue weighted by Gasteiger charge is -2.61. The summed E-state index contributed by atoms with van der Waals surface area (Å²) < 4.78 is 17.1. The summed E-state index contributed by atoms with van der Waals surface area (Å²) in [7, 11) is 1.85. The van der Waals surface area contributed by atoms with Gasteiger partial charge in [0.15, 0.2) is 5.96 Å². The Kier molecular flexibility index (Phi) is 10.1. The number of hydrogen-bond donors (Lipinski definition) is 2. The highest BCUT2D eigenvalue weighted by atomic mass is 127. The maximum Gasteiger partial charge on any atom is 0.191 e. The molecule has 3 rings (SSSR count). The maximum atomic E-state index is 5.93. The monoisotopic (exact) mass is 495 g/mol. The summed E-state index contributed by atoms with van der Waals surface area (Å²) in [5.74, 6) is 1.60. The molecule has 2 atom stereocenters. The zero-order valence-corrected chi connectivity index (χ0v) is 19.3. The Balaban J connectivity index is 0.00000261. The number of rotatable bonds is 9. The van der Waals surface area contributed by atoms with Gasteiger partial charge in [0, 0.05) is 58.1 Å². The fourth-order valence-corrected chi connectivity index (χ4v) is 4.54. The normalized spacial score (nSPS) is 27.4. The summed E-state index contributed by atoms with van der Waals surface area (Å²) in [4.78, 5) is 4.39. The average Bonchev–Trinajstić information content (AvgIpc) is 2.61. The predicted molar refractivity (Wildman–Crippen MR) is 119 cm³/mol. The van der Waals surface area contributed by atoms with Crippen LogP contribution < -0.4 is 10.6 Å². The maximum absolute atomic E-state index is 5.93. The molecular weight excluding hydrogens is 457 g/mol. The molecule has 3 aliphatic rings. The Bertz CT molecular complexity index is 454. The van der Waals surface area contributed by atoms with E-state index >= 15 is 0 Å². The first kappa shape index (κ1) is 23.2. The van der Waals surface area contributed by atoms with Crippen molar-refractivity contribution in [2.45, 2.75) is 64.0 Å². The van der Waals surface area contributed by atoms with Gasteiger partial charge in [-0.15, -0.1) is 24.0 Å². The number of nitrogens with zero attached hydrogens (tertiary/aromatic N) is 1. The minimum Gasteiger partial charge on any atom is -0.381 e. The van der Waals surface area contributed by atoms with Gasteiger partial charge in [-0.1, -0.05) is 6.42 Å². The van der Waals surface area contributed by atoms with Crippen LogP contribution in [0.1, 0.15) is 51.9 Å². The molecule has 3 fully saturated rings. The molecule has 6 nitrogen and oxygen atoms in total. The van der Waals surface area contributed by atoms with Crippen molar-refractivity contribution in [3.63, 3.8) is 0 Å². The molecule has 0 aromatic carbocycles. The van der Waals surface area contributed by atoms with Crippen LogP contribution in [-0.4, -0.2) is 64.7 Å². The van der Waals surface area contributed by atoms with Gasteiger partial charge in [-0.3, -0.25) is 4.99 Å². The van der Waals surface area contributed by atoms with Crippen LogP contribution in [0.15, 0.2) is 4.99 Å². The molecule has 0 aromatic heterocycles. The van der Waals surface area contributed by atoms with Crippen molar-refractivity contribution in [3.8, 4) is 0 Å². The van der Waals surface area contributed by atoms with Crippen molar-refractivity contribution in [1.82, 2.24) is 10.6 Å². The molecule has 0 radical (unpaired) electrons. The minimum absolute atomic E-state index is 0. The lowest BCUT2D eigenvalue weighted by Crippen LogP contribution is -2.68. The molecule has 2 unspecified atom stereocenters. The Labute approximate surface area is 181 Å². The molecule has 2 saturated carbocycles. The quantitative estimate of drug-likeness (QED) is 0.223. The molecule has 0 bridgehead atoms.